The molecule has 116 valence electrons. The van der Waals surface area contributed by atoms with Gasteiger partial charge in [-0.05, 0) is 24.9 Å². The summed E-state index contributed by atoms with van der Waals surface area (Å²) in [5.41, 5.74) is 10.7. The number of azide groups is 1. The molecule has 0 radical (unpaired) electrons. The molecular formula is C16H21N5S. The van der Waals surface area contributed by atoms with Gasteiger partial charge in [0.25, 0.3) is 0 Å². The summed E-state index contributed by atoms with van der Waals surface area (Å²) in [6.45, 7) is 8.78. The molecule has 0 saturated heterocycles. The van der Waals surface area contributed by atoms with Gasteiger partial charge in [-0.25, -0.2) is 4.98 Å². The molecule has 2 aromatic rings. The largest absolute Gasteiger partial charge is 0.314 e. The van der Waals surface area contributed by atoms with E-state index in [-0.39, 0.29) is 10.8 Å². The Morgan fingerprint density at radius 3 is 2.64 bits per heavy atom. The molecule has 3 rings (SSSR count). The van der Waals surface area contributed by atoms with E-state index in [2.05, 4.69) is 57.7 Å². The van der Waals surface area contributed by atoms with Crippen molar-refractivity contribution >= 4 is 11.8 Å². The average molecular weight is 315 g/mol. The molecule has 0 amide bonds. The van der Waals surface area contributed by atoms with E-state index in [1.54, 1.807) is 11.8 Å². The van der Waals surface area contributed by atoms with E-state index in [4.69, 9.17) is 5.53 Å². The molecule has 0 spiro atoms. The predicted molar refractivity (Wildman–Crippen MR) is 90.9 cm³/mol. The van der Waals surface area contributed by atoms with E-state index in [1.165, 1.54) is 5.56 Å². The summed E-state index contributed by atoms with van der Waals surface area (Å²) in [7, 11) is 0. The highest BCUT2D eigenvalue weighted by atomic mass is 32.2. The molecule has 1 aliphatic heterocycles. The lowest BCUT2D eigenvalue weighted by Crippen LogP contribution is -2.26. The molecule has 0 saturated carbocycles. The highest BCUT2D eigenvalue weighted by Crippen LogP contribution is 2.51. The van der Waals surface area contributed by atoms with Crippen LogP contribution in [0.3, 0.4) is 0 Å². The standard InChI is InChI=1S/C14H15N5S.C2H6/c1-14(2)12(10-6-4-3-5-7-10)19-11(9-17-18-15)8-16-13(19)20-14;1-2/h3-8,12H,9H2,1-2H3;1-2H3. The van der Waals surface area contributed by atoms with Crippen LogP contribution in [0.15, 0.2) is 46.8 Å². The molecular weight excluding hydrogens is 294 g/mol. The minimum atomic E-state index is 0.0239. The normalized spacial score (nSPS) is 17.9. The topological polar surface area (TPSA) is 66.6 Å². The van der Waals surface area contributed by atoms with Crippen molar-refractivity contribution < 1.29 is 0 Å². The van der Waals surface area contributed by atoms with Gasteiger partial charge in [0.15, 0.2) is 5.16 Å². The number of thioether (sulfide) groups is 1. The Bertz CT molecular complexity index is 671. The number of nitrogens with zero attached hydrogens (tertiary/aromatic N) is 5. The van der Waals surface area contributed by atoms with E-state index in [0.717, 1.165) is 10.9 Å². The molecule has 0 bridgehead atoms. The lowest BCUT2D eigenvalue weighted by molar-refractivity contribution is 0.465. The molecule has 0 N–H and O–H groups in total. The number of imidazole rings is 1. The second kappa shape index (κ2) is 6.90. The number of fused-ring (bicyclic) bond motifs is 1. The third kappa shape index (κ3) is 2.98. The highest BCUT2D eigenvalue weighted by molar-refractivity contribution is 8.00. The minimum Gasteiger partial charge on any atom is -0.314 e. The molecule has 2 heterocycles. The lowest BCUT2D eigenvalue weighted by Gasteiger charge is -2.28. The van der Waals surface area contributed by atoms with Gasteiger partial charge in [-0.15, -0.1) is 0 Å². The summed E-state index contributed by atoms with van der Waals surface area (Å²) >= 11 is 1.77. The molecule has 1 aromatic heterocycles. The van der Waals surface area contributed by atoms with Crippen LogP contribution in [-0.4, -0.2) is 14.3 Å². The Morgan fingerprint density at radius 1 is 1.32 bits per heavy atom. The Morgan fingerprint density at radius 2 is 2.00 bits per heavy atom. The summed E-state index contributed by atoms with van der Waals surface area (Å²) < 4.78 is 2.23. The first kappa shape index (κ1) is 16.5. The first-order valence-corrected chi connectivity index (χ1v) is 8.26. The van der Waals surface area contributed by atoms with Crippen molar-refractivity contribution in [2.24, 2.45) is 5.11 Å². The predicted octanol–water partition coefficient (Wildman–Crippen LogP) is 5.19. The smallest absolute Gasteiger partial charge is 0.169 e. The van der Waals surface area contributed by atoms with Crippen LogP contribution in [0.25, 0.3) is 10.4 Å². The molecule has 1 unspecified atom stereocenters. The van der Waals surface area contributed by atoms with Crippen molar-refractivity contribution in [3.05, 3.63) is 58.2 Å². The van der Waals surface area contributed by atoms with E-state index < -0.39 is 0 Å². The van der Waals surface area contributed by atoms with Crippen LogP contribution < -0.4 is 0 Å². The molecule has 0 fully saturated rings. The second-order valence-electron chi connectivity index (χ2n) is 5.31. The zero-order valence-electron chi connectivity index (χ0n) is 13.4. The minimum absolute atomic E-state index is 0.0239. The maximum absolute atomic E-state index is 8.52. The van der Waals surface area contributed by atoms with Gasteiger partial charge < -0.3 is 4.57 Å². The number of aromatic nitrogens is 2. The zero-order chi connectivity index (χ0) is 16.2. The van der Waals surface area contributed by atoms with Crippen LogP contribution in [0, 0.1) is 0 Å². The molecule has 1 atom stereocenters. The SMILES string of the molecule is CC.CC1(C)Sc2ncc(CN=[N+]=[N-])n2C1c1ccccc1. The summed E-state index contributed by atoms with van der Waals surface area (Å²) in [4.78, 5) is 7.31. The lowest BCUT2D eigenvalue weighted by atomic mass is 9.95. The van der Waals surface area contributed by atoms with Gasteiger partial charge in [-0.2, -0.15) is 0 Å². The van der Waals surface area contributed by atoms with Crippen LogP contribution in [0.1, 0.15) is 45.0 Å². The van der Waals surface area contributed by atoms with Gasteiger partial charge in [0.1, 0.15) is 0 Å². The summed E-state index contributed by atoms with van der Waals surface area (Å²) in [6.07, 6.45) is 1.81. The van der Waals surface area contributed by atoms with Crippen molar-refractivity contribution in [1.29, 1.82) is 0 Å². The van der Waals surface area contributed by atoms with Crippen molar-refractivity contribution in [2.45, 2.75) is 50.2 Å². The molecule has 5 nitrogen and oxygen atoms in total. The third-order valence-corrected chi connectivity index (χ3v) is 4.76. The van der Waals surface area contributed by atoms with Gasteiger partial charge in [-0.3, -0.25) is 0 Å². The number of rotatable bonds is 3. The summed E-state index contributed by atoms with van der Waals surface area (Å²) in [5.74, 6) is 0. The fraction of sp³-hybridized carbons (Fsp3) is 0.438. The Balaban J connectivity index is 0.000000847. The van der Waals surface area contributed by atoms with Crippen molar-refractivity contribution in [1.82, 2.24) is 9.55 Å². The fourth-order valence-corrected chi connectivity index (χ4v) is 3.99. The van der Waals surface area contributed by atoms with Crippen LogP contribution >= 0.6 is 11.8 Å². The quantitative estimate of drug-likeness (QED) is 0.444. The van der Waals surface area contributed by atoms with Crippen molar-refractivity contribution in [3.63, 3.8) is 0 Å². The zero-order valence-corrected chi connectivity index (χ0v) is 14.2. The van der Waals surface area contributed by atoms with Crippen molar-refractivity contribution in [2.75, 3.05) is 0 Å². The maximum Gasteiger partial charge on any atom is 0.169 e. The fourth-order valence-electron chi connectivity index (χ4n) is 2.74. The Hall–Kier alpha value is -1.91. The average Bonchev–Trinajstić information content (AvgIpc) is 3.02. The van der Waals surface area contributed by atoms with Gasteiger partial charge >= 0.3 is 0 Å². The second-order valence-corrected chi connectivity index (χ2v) is 6.93. The van der Waals surface area contributed by atoms with Gasteiger partial charge in [0.05, 0.1) is 12.6 Å². The Kier molecular flexibility index (Phi) is 5.16. The van der Waals surface area contributed by atoms with Crippen LogP contribution in [0.4, 0.5) is 0 Å². The van der Waals surface area contributed by atoms with Crippen molar-refractivity contribution in [3.8, 4) is 0 Å². The first-order valence-electron chi connectivity index (χ1n) is 7.44. The van der Waals surface area contributed by atoms with Gasteiger partial charge in [0.2, 0.25) is 0 Å². The number of hydrogen-bond acceptors (Lipinski definition) is 3. The summed E-state index contributed by atoms with van der Waals surface area (Å²) in [6, 6.07) is 10.6. The monoisotopic (exact) mass is 315 g/mol. The highest BCUT2D eigenvalue weighted by Gasteiger charge is 2.42. The Labute approximate surface area is 135 Å². The summed E-state index contributed by atoms with van der Waals surface area (Å²) in [5, 5.41) is 4.67. The van der Waals surface area contributed by atoms with Crippen LogP contribution in [0.5, 0.6) is 0 Å². The molecule has 6 heteroatoms. The van der Waals surface area contributed by atoms with E-state index >= 15 is 0 Å². The molecule has 1 aromatic carbocycles. The van der Waals surface area contributed by atoms with E-state index in [0.29, 0.717) is 6.54 Å². The van der Waals surface area contributed by atoms with E-state index in [9.17, 15) is 0 Å². The molecule has 1 aliphatic rings. The maximum atomic E-state index is 8.52. The van der Waals surface area contributed by atoms with Crippen LogP contribution in [-0.2, 0) is 6.54 Å². The van der Waals surface area contributed by atoms with E-state index in [1.807, 2.05) is 26.1 Å². The van der Waals surface area contributed by atoms with Gasteiger partial charge in [-0.1, -0.05) is 61.1 Å². The number of hydrogen-bond donors (Lipinski definition) is 0. The molecule has 0 aliphatic carbocycles. The number of benzene rings is 1. The first-order chi connectivity index (χ1) is 10.6. The molecule has 22 heavy (non-hydrogen) atoms. The van der Waals surface area contributed by atoms with Crippen LogP contribution in [0.2, 0.25) is 0 Å². The van der Waals surface area contributed by atoms with Gasteiger partial charge in [0, 0.05) is 21.5 Å². The third-order valence-electron chi connectivity index (χ3n) is 3.52.